The largest absolute Gasteiger partial charge is 0.481 e. The molecule has 1 aliphatic rings. The smallest absolute Gasteiger partial charge is 0.310 e. The van der Waals surface area contributed by atoms with Gasteiger partial charge in [-0.15, -0.1) is 0 Å². The number of aliphatic carboxylic acids is 1. The van der Waals surface area contributed by atoms with Gasteiger partial charge in [0.25, 0.3) is 0 Å². The van der Waals surface area contributed by atoms with Gasteiger partial charge in [-0.05, 0) is 61.8 Å². The lowest BCUT2D eigenvalue weighted by Crippen LogP contribution is -2.14. The zero-order chi connectivity index (χ0) is 11.7. The first kappa shape index (κ1) is 11.2. The Labute approximate surface area is 96.3 Å². The second-order valence-electron chi connectivity index (χ2n) is 4.70. The van der Waals surface area contributed by atoms with Crippen LogP contribution < -0.4 is 0 Å². The Morgan fingerprint density at radius 3 is 2.50 bits per heavy atom. The summed E-state index contributed by atoms with van der Waals surface area (Å²) in [6.45, 7) is 3.90. The van der Waals surface area contributed by atoms with E-state index in [0.29, 0.717) is 0 Å². The predicted molar refractivity (Wildman–Crippen MR) is 63.9 cm³/mol. The number of carboxylic acid groups (broad SMARTS) is 1. The molecule has 0 heterocycles. The number of carboxylic acids is 1. The molecule has 0 saturated carbocycles. The molecule has 0 aromatic heterocycles. The summed E-state index contributed by atoms with van der Waals surface area (Å²) in [7, 11) is 0. The summed E-state index contributed by atoms with van der Waals surface area (Å²) in [6.07, 6.45) is 4.58. The molecule has 2 rings (SSSR count). The minimum absolute atomic E-state index is 0.382. The molecule has 16 heavy (non-hydrogen) atoms. The van der Waals surface area contributed by atoms with Crippen molar-refractivity contribution in [3.8, 4) is 0 Å². The van der Waals surface area contributed by atoms with Crippen molar-refractivity contribution in [3.05, 3.63) is 34.4 Å². The molecule has 0 amide bonds. The predicted octanol–water partition coefficient (Wildman–Crippen LogP) is 3.06. The first-order valence-corrected chi connectivity index (χ1v) is 5.95. The van der Waals surface area contributed by atoms with Crippen molar-refractivity contribution < 1.29 is 9.90 Å². The fourth-order valence-corrected chi connectivity index (χ4v) is 2.61. The topological polar surface area (TPSA) is 37.3 Å². The van der Waals surface area contributed by atoms with Gasteiger partial charge in [0.05, 0.1) is 5.92 Å². The van der Waals surface area contributed by atoms with Gasteiger partial charge in [-0.25, -0.2) is 0 Å². The van der Waals surface area contributed by atoms with Crippen LogP contribution in [-0.2, 0) is 17.6 Å². The quantitative estimate of drug-likeness (QED) is 0.828. The van der Waals surface area contributed by atoms with Gasteiger partial charge in [0.2, 0.25) is 0 Å². The summed E-state index contributed by atoms with van der Waals surface area (Å²) in [6, 6.07) is 4.07. The van der Waals surface area contributed by atoms with Crippen LogP contribution in [0.25, 0.3) is 0 Å². The molecular weight excluding hydrogens is 200 g/mol. The van der Waals surface area contributed by atoms with E-state index in [9.17, 15) is 4.79 Å². The molecule has 86 valence electrons. The van der Waals surface area contributed by atoms with Gasteiger partial charge in [0.15, 0.2) is 0 Å². The molecule has 1 aromatic rings. The zero-order valence-electron chi connectivity index (χ0n) is 9.92. The SMILES string of the molecule is Cc1ccc(C(C)C(=O)O)c2c1CCCC2. The lowest BCUT2D eigenvalue weighted by Gasteiger charge is -2.23. The van der Waals surface area contributed by atoms with Crippen LogP contribution in [0.3, 0.4) is 0 Å². The van der Waals surface area contributed by atoms with Gasteiger partial charge in [0, 0.05) is 0 Å². The van der Waals surface area contributed by atoms with E-state index >= 15 is 0 Å². The number of carbonyl (C=O) groups is 1. The highest BCUT2D eigenvalue weighted by Crippen LogP contribution is 2.31. The molecule has 0 spiro atoms. The maximum absolute atomic E-state index is 11.1. The number of hydrogen-bond donors (Lipinski definition) is 1. The summed E-state index contributed by atoms with van der Waals surface area (Å²) in [5.74, 6) is -1.11. The van der Waals surface area contributed by atoms with Crippen molar-refractivity contribution in [3.63, 3.8) is 0 Å². The highest BCUT2D eigenvalue weighted by molar-refractivity contribution is 5.76. The van der Waals surface area contributed by atoms with Crippen LogP contribution >= 0.6 is 0 Å². The summed E-state index contributed by atoms with van der Waals surface area (Å²) in [5.41, 5.74) is 5.04. The van der Waals surface area contributed by atoms with Crippen molar-refractivity contribution in [1.29, 1.82) is 0 Å². The molecule has 2 heteroatoms. The second-order valence-corrected chi connectivity index (χ2v) is 4.70. The van der Waals surface area contributed by atoms with Crippen LogP contribution in [0, 0.1) is 6.92 Å². The van der Waals surface area contributed by atoms with E-state index in [0.717, 1.165) is 18.4 Å². The van der Waals surface area contributed by atoms with Crippen molar-refractivity contribution in [2.24, 2.45) is 0 Å². The molecule has 0 bridgehead atoms. The molecule has 0 fully saturated rings. The number of fused-ring (bicyclic) bond motifs is 1. The minimum Gasteiger partial charge on any atom is -0.481 e. The van der Waals surface area contributed by atoms with Crippen molar-refractivity contribution in [1.82, 2.24) is 0 Å². The number of aryl methyl sites for hydroxylation is 1. The Morgan fingerprint density at radius 2 is 1.88 bits per heavy atom. The molecular formula is C14H18O2. The molecule has 0 radical (unpaired) electrons. The second kappa shape index (κ2) is 4.28. The number of rotatable bonds is 2. The van der Waals surface area contributed by atoms with Crippen LogP contribution in [0.5, 0.6) is 0 Å². The average Bonchev–Trinajstić information content (AvgIpc) is 2.29. The van der Waals surface area contributed by atoms with E-state index in [-0.39, 0.29) is 5.92 Å². The molecule has 2 nitrogen and oxygen atoms in total. The molecule has 1 atom stereocenters. The number of hydrogen-bond acceptors (Lipinski definition) is 1. The third-order valence-electron chi connectivity index (χ3n) is 3.64. The van der Waals surface area contributed by atoms with Crippen molar-refractivity contribution in [2.45, 2.75) is 45.4 Å². The fraction of sp³-hybridized carbons (Fsp3) is 0.500. The summed E-state index contributed by atoms with van der Waals surface area (Å²) in [5, 5.41) is 9.11. The van der Waals surface area contributed by atoms with Crippen LogP contribution in [0.15, 0.2) is 12.1 Å². The lowest BCUT2D eigenvalue weighted by molar-refractivity contribution is -0.138. The Kier molecular flexibility index (Phi) is 2.99. The maximum atomic E-state index is 11.1. The van der Waals surface area contributed by atoms with Crippen molar-refractivity contribution in [2.75, 3.05) is 0 Å². The lowest BCUT2D eigenvalue weighted by atomic mass is 9.82. The Balaban J connectivity index is 2.50. The van der Waals surface area contributed by atoms with Crippen LogP contribution in [0.2, 0.25) is 0 Å². The standard InChI is InChI=1S/C14H18O2/c1-9-7-8-12(10(2)14(15)16)13-6-4-3-5-11(9)13/h7-8,10H,3-6H2,1-2H3,(H,15,16). The van der Waals surface area contributed by atoms with E-state index in [1.165, 1.54) is 29.5 Å². The van der Waals surface area contributed by atoms with Crippen LogP contribution in [0.1, 0.15) is 47.9 Å². The highest BCUT2D eigenvalue weighted by Gasteiger charge is 2.21. The van der Waals surface area contributed by atoms with Crippen LogP contribution in [0.4, 0.5) is 0 Å². The van der Waals surface area contributed by atoms with Gasteiger partial charge in [-0.3, -0.25) is 4.79 Å². The van der Waals surface area contributed by atoms with E-state index in [1.807, 2.05) is 6.07 Å². The molecule has 1 unspecified atom stereocenters. The minimum atomic E-state index is -0.725. The van der Waals surface area contributed by atoms with E-state index < -0.39 is 5.97 Å². The van der Waals surface area contributed by atoms with Gasteiger partial charge >= 0.3 is 5.97 Å². The van der Waals surface area contributed by atoms with Crippen LogP contribution in [-0.4, -0.2) is 11.1 Å². The Bertz CT molecular complexity index is 421. The summed E-state index contributed by atoms with van der Waals surface area (Å²) < 4.78 is 0. The van der Waals surface area contributed by atoms with Gasteiger partial charge in [-0.2, -0.15) is 0 Å². The van der Waals surface area contributed by atoms with E-state index in [1.54, 1.807) is 6.92 Å². The maximum Gasteiger partial charge on any atom is 0.310 e. The fourth-order valence-electron chi connectivity index (χ4n) is 2.61. The summed E-state index contributed by atoms with van der Waals surface area (Å²) >= 11 is 0. The monoisotopic (exact) mass is 218 g/mol. The number of benzene rings is 1. The third kappa shape index (κ3) is 1.84. The Morgan fingerprint density at radius 1 is 1.25 bits per heavy atom. The normalized spacial score (nSPS) is 16.6. The van der Waals surface area contributed by atoms with Gasteiger partial charge in [0.1, 0.15) is 0 Å². The third-order valence-corrected chi connectivity index (χ3v) is 3.64. The first-order valence-electron chi connectivity index (χ1n) is 5.95. The van der Waals surface area contributed by atoms with E-state index in [2.05, 4.69) is 13.0 Å². The molecule has 0 saturated heterocycles. The Hall–Kier alpha value is -1.31. The van der Waals surface area contributed by atoms with E-state index in [4.69, 9.17) is 5.11 Å². The first-order chi connectivity index (χ1) is 7.61. The molecule has 1 aromatic carbocycles. The van der Waals surface area contributed by atoms with Crippen molar-refractivity contribution >= 4 is 5.97 Å². The molecule has 1 N–H and O–H groups in total. The average molecular weight is 218 g/mol. The summed E-state index contributed by atoms with van der Waals surface area (Å²) in [4.78, 5) is 11.1. The molecule has 1 aliphatic carbocycles. The zero-order valence-corrected chi connectivity index (χ0v) is 9.92. The molecule has 0 aliphatic heterocycles. The van der Waals surface area contributed by atoms with Gasteiger partial charge < -0.3 is 5.11 Å². The van der Waals surface area contributed by atoms with Gasteiger partial charge in [-0.1, -0.05) is 12.1 Å². The highest BCUT2D eigenvalue weighted by atomic mass is 16.4.